The molecule has 1 heteroatoms. The summed E-state index contributed by atoms with van der Waals surface area (Å²) in [4.78, 5) is 2.15. The van der Waals surface area contributed by atoms with E-state index in [-0.39, 0.29) is 11.5 Å². The van der Waals surface area contributed by atoms with Gasteiger partial charge >= 0.3 is 0 Å². The third-order valence-electron chi connectivity index (χ3n) is 3.13. The SMILES string of the molecule is [CH]C1N(C)c2ccccc2C1(C)C. The number of benzene rings is 1. The zero-order valence-corrected chi connectivity index (χ0v) is 8.41. The molecule has 1 aromatic carbocycles. The fourth-order valence-electron chi connectivity index (χ4n) is 2.12. The predicted octanol–water partition coefficient (Wildman–Crippen LogP) is 2.49. The van der Waals surface area contributed by atoms with Gasteiger partial charge in [0.1, 0.15) is 0 Å². The molecule has 13 heavy (non-hydrogen) atoms. The number of rotatable bonds is 0. The number of nitrogens with zero attached hydrogens (tertiary/aromatic N) is 1. The number of likely N-dealkylation sites (N-methyl/N-ethyl adjacent to an activating group) is 1. The van der Waals surface area contributed by atoms with E-state index in [1.807, 2.05) is 0 Å². The van der Waals surface area contributed by atoms with Crippen LogP contribution in [0, 0.1) is 6.92 Å². The van der Waals surface area contributed by atoms with Gasteiger partial charge in [0, 0.05) is 24.2 Å². The highest BCUT2D eigenvalue weighted by molar-refractivity contribution is 5.63. The number of fused-ring (bicyclic) bond motifs is 1. The van der Waals surface area contributed by atoms with Crippen LogP contribution in [-0.2, 0) is 5.41 Å². The van der Waals surface area contributed by atoms with Gasteiger partial charge in [0.15, 0.2) is 0 Å². The zero-order chi connectivity index (χ0) is 9.64. The van der Waals surface area contributed by atoms with Crippen LogP contribution in [0.15, 0.2) is 24.3 Å². The highest BCUT2D eigenvalue weighted by Crippen LogP contribution is 2.43. The summed E-state index contributed by atoms with van der Waals surface area (Å²) in [5.74, 6) is 0. The Balaban J connectivity index is 2.61. The maximum absolute atomic E-state index is 6.13. The first-order valence-electron chi connectivity index (χ1n) is 4.63. The molecule has 0 saturated heterocycles. The van der Waals surface area contributed by atoms with E-state index >= 15 is 0 Å². The first kappa shape index (κ1) is 8.61. The summed E-state index contributed by atoms with van der Waals surface area (Å²) in [5, 5.41) is 0. The number of hydrogen-bond acceptors (Lipinski definition) is 1. The molecule has 0 aromatic heterocycles. The van der Waals surface area contributed by atoms with Gasteiger partial charge in [0.05, 0.1) is 0 Å². The molecule has 1 aromatic rings. The van der Waals surface area contributed by atoms with Crippen molar-refractivity contribution in [1.82, 2.24) is 0 Å². The Morgan fingerprint density at radius 2 is 1.92 bits per heavy atom. The molecular weight excluding hydrogens is 158 g/mol. The summed E-state index contributed by atoms with van der Waals surface area (Å²) in [6, 6.07) is 8.52. The number of para-hydroxylation sites is 1. The normalized spacial score (nSPS) is 24.6. The summed E-state index contributed by atoms with van der Waals surface area (Å²) < 4.78 is 0. The van der Waals surface area contributed by atoms with E-state index in [0.29, 0.717) is 0 Å². The van der Waals surface area contributed by atoms with E-state index in [1.54, 1.807) is 0 Å². The largest absolute Gasteiger partial charge is 0.370 e. The fraction of sp³-hybridized carbons (Fsp3) is 0.417. The lowest BCUT2D eigenvalue weighted by Crippen LogP contribution is -2.36. The van der Waals surface area contributed by atoms with E-state index in [9.17, 15) is 0 Å². The zero-order valence-electron chi connectivity index (χ0n) is 8.41. The van der Waals surface area contributed by atoms with Crippen molar-refractivity contribution in [3.05, 3.63) is 36.8 Å². The molecule has 1 nitrogen and oxygen atoms in total. The monoisotopic (exact) mass is 173 g/mol. The van der Waals surface area contributed by atoms with Crippen LogP contribution in [0.3, 0.4) is 0 Å². The summed E-state index contributed by atoms with van der Waals surface area (Å²) in [6.45, 7) is 10.5. The minimum absolute atomic E-state index is 0.0609. The van der Waals surface area contributed by atoms with Gasteiger partial charge in [-0.3, -0.25) is 0 Å². The standard InChI is InChI=1S/C12H15N/c1-9-12(2,3)10-7-5-6-8-11(10)13(9)4/h1,5-9H,2-4H3. The average molecular weight is 173 g/mol. The molecule has 0 bridgehead atoms. The third kappa shape index (κ3) is 0.995. The summed E-state index contributed by atoms with van der Waals surface area (Å²) in [6.07, 6.45) is 0. The molecule has 68 valence electrons. The Bertz CT molecular complexity index is 328. The first-order chi connectivity index (χ1) is 6.05. The second-order valence-electron chi connectivity index (χ2n) is 4.29. The molecule has 0 spiro atoms. The minimum Gasteiger partial charge on any atom is -0.370 e. The van der Waals surface area contributed by atoms with Gasteiger partial charge in [-0.1, -0.05) is 32.0 Å². The fourth-order valence-corrected chi connectivity index (χ4v) is 2.12. The molecule has 0 N–H and O–H groups in total. The lowest BCUT2D eigenvalue weighted by molar-refractivity contribution is 0.485. The molecule has 1 aliphatic rings. The van der Waals surface area contributed by atoms with Gasteiger partial charge in [0.2, 0.25) is 0 Å². The van der Waals surface area contributed by atoms with E-state index in [4.69, 9.17) is 6.92 Å². The lowest BCUT2D eigenvalue weighted by Gasteiger charge is -2.28. The van der Waals surface area contributed by atoms with Crippen LogP contribution >= 0.6 is 0 Å². The highest BCUT2D eigenvalue weighted by atomic mass is 15.2. The first-order valence-corrected chi connectivity index (χ1v) is 4.63. The molecule has 0 fully saturated rings. The van der Waals surface area contributed by atoms with Crippen molar-refractivity contribution in [2.24, 2.45) is 0 Å². The minimum atomic E-state index is 0.0609. The van der Waals surface area contributed by atoms with Crippen molar-refractivity contribution in [3.63, 3.8) is 0 Å². The Morgan fingerprint density at radius 3 is 2.54 bits per heavy atom. The van der Waals surface area contributed by atoms with Crippen molar-refractivity contribution >= 4 is 5.69 Å². The van der Waals surface area contributed by atoms with Gasteiger partial charge in [-0.25, -0.2) is 0 Å². The van der Waals surface area contributed by atoms with E-state index < -0.39 is 0 Å². The van der Waals surface area contributed by atoms with Crippen LogP contribution in [0.1, 0.15) is 19.4 Å². The van der Waals surface area contributed by atoms with Gasteiger partial charge < -0.3 is 4.90 Å². The van der Waals surface area contributed by atoms with Gasteiger partial charge in [0.25, 0.3) is 0 Å². The average Bonchev–Trinajstić information content (AvgIpc) is 2.30. The van der Waals surface area contributed by atoms with Crippen LogP contribution in [0.4, 0.5) is 5.69 Å². The molecule has 2 rings (SSSR count). The quantitative estimate of drug-likeness (QED) is 0.582. The van der Waals surface area contributed by atoms with Gasteiger partial charge in [-0.05, 0) is 18.6 Å². The van der Waals surface area contributed by atoms with E-state index in [0.717, 1.165) is 0 Å². The molecule has 0 aliphatic carbocycles. The number of hydrogen-bond donors (Lipinski definition) is 0. The Hall–Kier alpha value is -0.980. The van der Waals surface area contributed by atoms with Crippen molar-refractivity contribution in [2.75, 3.05) is 11.9 Å². The molecule has 1 aliphatic heterocycles. The maximum atomic E-state index is 6.13. The molecule has 1 atom stereocenters. The molecule has 0 amide bonds. The number of anilines is 1. The van der Waals surface area contributed by atoms with Gasteiger partial charge in [-0.15, -0.1) is 0 Å². The smallest absolute Gasteiger partial charge is 0.0414 e. The molecule has 0 saturated carbocycles. The van der Waals surface area contributed by atoms with Crippen molar-refractivity contribution in [2.45, 2.75) is 25.3 Å². The van der Waals surface area contributed by atoms with Crippen LogP contribution in [0.2, 0.25) is 0 Å². The predicted molar refractivity (Wildman–Crippen MR) is 56.0 cm³/mol. The summed E-state index contributed by atoms with van der Waals surface area (Å²) >= 11 is 0. The molecule has 2 radical (unpaired) electrons. The van der Waals surface area contributed by atoms with Crippen LogP contribution in [0.5, 0.6) is 0 Å². The Kier molecular flexibility index (Phi) is 1.66. The second kappa shape index (κ2) is 2.50. The van der Waals surface area contributed by atoms with Crippen molar-refractivity contribution < 1.29 is 0 Å². The summed E-state index contributed by atoms with van der Waals surface area (Å²) in [7, 11) is 2.05. The van der Waals surface area contributed by atoms with Crippen LogP contribution < -0.4 is 4.90 Å². The highest BCUT2D eigenvalue weighted by Gasteiger charge is 2.39. The summed E-state index contributed by atoms with van der Waals surface area (Å²) in [5.41, 5.74) is 2.68. The topological polar surface area (TPSA) is 3.24 Å². The molecule has 1 unspecified atom stereocenters. The van der Waals surface area contributed by atoms with Crippen LogP contribution in [-0.4, -0.2) is 13.1 Å². The molecular formula is C12H15N. The van der Waals surface area contributed by atoms with Crippen molar-refractivity contribution in [1.29, 1.82) is 0 Å². The Labute approximate surface area is 80.4 Å². The van der Waals surface area contributed by atoms with E-state index in [2.05, 4.69) is 50.1 Å². The third-order valence-corrected chi connectivity index (χ3v) is 3.13. The van der Waals surface area contributed by atoms with Crippen LogP contribution in [0.25, 0.3) is 0 Å². The maximum Gasteiger partial charge on any atom is 0.0414 e. The van der Waals surface area contributed by atoms with Crippen molar-refractivity contribution in [3.8, 4) is 0 Å². The Morgan fingerprint density at radius 1 is 1.31 bits per heavy atom. The van der Waals surface area contributed by atoms with E-state index in [1.165, 1.54) is 11.3 Å². The lowest BCUT2D eigenvalue weighted by atomic mass is 9.81. The second-order valence-corrected chi connectivity index (χ2v) is 4.29. The van der Waals surface area contributed by atoms with Gasteiger partial charge in [-0.2, -0.15) is 0 Å². The molecule has 1 heterocycles.